The average Bonchev–Trinajstić information content (AvgIpc) is 3.11. The molecule has 1 saturated heterocycles. The Kier molecular flexibility index (Phi) is 9.69. The molecule has 2 heterocycles. The number of amides is 3. The zero-order valence-corrected chi connectivity index (χ0v) is 21.0. The molecular formula is C27H40N4O3. The SMILES string of the molecule is CC1=C(C(=O)N2CCCCCC2)CC(CC(=O)NCCCN(C)C)C(=O)N1Cc1ccccc1. The van der Waals surface area contributed by atoms with Gasteiger partial charge in [0.2, 0.25) is 11.8 Å². The van der Waals surface area contributed by atoms with Crippen molar-refractivity contribution < 1.29 is 14.4 Å². The maximum absolute atomic E-state index is 13.6. The summed E-state index contributed by atoms with van der Waals surface area (Å²) in [6, 6.07) is 9.81. The molecule has 7 nitrogen and oxygen atoms in total. The summed E-state index contributed by atoms with van der Waals surface area (Å²) < 4.78 is 0. The lowest BCUT2D eigenvalue weighted by molar-refractivity contribution is -0.139. The van der Waals surface area contributed by atoms with E-state index in [1.165, 1.54) is 0 Å². The van der Waals surface area contributed by atoms with E-state index in [2.05, 4.69) is 10.2 Å². The number of hydrogen-bond donors (Lipinski definition) is 1. The van der Waals surface area contributed by atoms with Gasteiger partial charge in [0.05, 0.1) is 12.5 Å². The molecule has 0 spiro atoms. The smallest absolute Gasteiger partial charge is 0.251 e. The first-order valence-corrected chi connectivity index (χ1v) is 12.6. The van der Waals surface area contributed by atoms with Crippen molar-refractivity contribution in [3.05, 3.63) is 47.2 Å². The van der Waals surface area contributed by atoms with Crippen molar-refractivity contribution in [3.63, 3.8) is 0 Å². The second-order valence-electron chi connectivity index (χ2n) is 9.79. The molecule has 0 aliphatic carbocycles. The van der Waals surface area contributed by atoms with Gasteiger partial charge in [0, 0.05) is 37.3 Å². The highest BCUT2D eigenvalue weighted by molar-refractivity contribution is 5.98. The quantitative estimate of drug-likeness (QED) is 0.565. The Morgan fingerprint density at radius 2 is 1.74 bits per heavy atom. The Bertz CT molecular complexity index is 873. The van der Waals surface area contributed by atoms with E-state index in [4.69, 9.17) is 0 Å². The summed E-state index contributed by atoms with van der Waals surface area (Å²) in [5.41, 5.74) is 2.42. The monoisotopic (exact) mass is 468 g/mol. The summed E-state index contributed by atoms with van der Waals surface area (Å²) in [7, 11) is 4.00. The summed E-state index contributed by atoms with van der Waals surface area (Å²) in [5.74, 6) is -0.691. The standard InChI is InChI=1S/C27H40N4O3/c1-21-24(27(34)30-16-9-4-5-10-17-30)18-23(19-25(32)28-14-11-15-29(2)3)26(33)31(21)20-22-12-7-6-8-13-22/h6-8,12-13,23H,4-5,9-11,14-20H2,1-3H3,(H,28,32). The van der Waals surface area contributed by atoms with Crippen molar-refractivity contribution in [2.45, 2.75) is 58.4 Å². The number of carbonyl (C=O) groups is 3. The van der Waals surface area contributed by atoms with E-state index >= 15 is 0 Å². The van der Waals surface area contributed by atoms with Crippen LogP contribution in [0.25, 0.3) is 0 Å². The molecule has 1 atom stereocenters. The van der Waals surface area contributed by atoms with Gasteiger partial charge in [-0.15, -0.1) is 0 Å². The number of hydrogen-bond acceptors (Lipinski definition) is 4. The van der Waals surface area contributed by atoms with Crippen LogP contribution in [0.1, 0.15) is 57.4 Å². The van der Waals surface area contributed by atoms with Crippen LogP contribution in [0.15, 0.2) is 41.6 Å². The van der Waals surface area contributed by atoms with Crippen molar-refractivity contribution in [1.82, 2.24) is 20.0 Å². The lowest BCUT2D eigenvalue weighted by Gasteiger charge is -2.36. The summed E-state index contributed by atoms with van der Waals surface area (Å²) in [6.45, 7) is 5.29. The molecule has 2 aliphatic rings. The van der Waals surface area contributed by atoms with E-state index in [1.807, 2.05) is 56.3 Å². The molecule has 3 amide bonds. The molecule has 2 aliphatic heterocycles. The van der Waals surface area contributed by atoms with E-state index < -0.39 is 5.92 Å². The second kappa shape index (κ2) is 12.7. The lowest BCUT2D eigenvalue weighted by atomic mass is 9.88. The van der Waals surface area contributed by atoms with Gasteiger partial charge in [-0.05, 0) is 58.8 Å². The van der Waals surface area contributed by atoms with E-state index in [-0.39, 0.29) is 24.1 Å². The molecular weight excluding hydrogens is 428 g/mol. The van der Waals surface area contributed by atoms with Gasteiger partial charge in [-0.2, -0.15) is 0 Å². The first-order chi connectivity index (χ1) is 16.4. The van der Waals surface area contributed by atoms with Crippen LogP contribution < -0.4 is 5.32 Å². The third kappa shape index (κ3) is 7.16. The van der Waals surface area contributed by atoms with Gasteiger partial charge in [0.1, 0.15) is 0 Å². The molecule has 1 aromatic carbocycles. The predicted octanol–water partition coefficient (Wildman–Crippen LogP) is 3.17. The van der Waals surface area contributed by atoms with Crippen molar-refractivity contribution in [3.8, 4) is 0 Å². The molecule has 1 unspecified atom stereocenters. The number of likely N-dealkylation sites (tertiary alicyclic amines) is 1. The fraction of sp³-hybridized carbons (Fsp3) is 0.593. The van der Waals surface area contributed by atoms with Crippen LogP contribution in [0.4, 0.5) is 0 Å². The van der Waals surface area contributed by atoms with Crippen LogP contribution in [0.2, 0.25) is 0 Å². The highest BCUT2D eigenvalue weighted by atomic mass is 16.2. The summed E-state index contributed by atoms with van der Waals surface area (Å²) in [4.78, 5) is 45.4. The molecule has 186 valence electrons. The largest absolute Gasteiger partial charge is 0.356 e. The molecule has 0 bridgehead atoms. The maximum atomic E-state index is 13.6. The number of rotatable bonds is 9. The normalized spacial score (nSPS) is 19.4. The summed E-state index contributed by atoms with van der Waals surface area (Å²) >= 11 is 0. The van der Waals surface area contributed by atoms with Crippen LogP contribution in [0.3, 0.4) is 0 Å². The Morgan fingerprint density at radius 3 is 2.38 bits per heavy atom. The van der Waals surface area contributed by atoms with Gasteiger partial charge in [-0.25, -0.2) is 0 Å². The fourth-order valence-electron chi connectivity index (χ4n) is 4.78. The zero-order valence-electron chi connectivity index (χ0n) is 21.0. The molecule has 3 rings (SSSR count). The van der Waals surface area contributed by atoms with E-state index in [0.717, 1.165) is 63.0 Å². The first kappa shape index (κ1) is 25.9. The van der Waals surface area contributed by atoms with Gasteiger partial charge in [0.15, 0.2) is 0 Å². The van der Waals surface area contributed by atoms with E-state index in [1.54, 1.807) is 4.90 Å². The molecule has 7 heteroatoms. The van der Waals surface area contributed by atoms with Gasteiger partial charge in [0.25, 0.3) is 5.91 Å². The second-order valence-corrected chi connectivity index (χ2v) is 9.79. The average molecular weight is 469 g/mol. The van der Waals surface area contributed by atoms with Crippen LogP contribution in [-0.2, 0) is 20.9 Å². The number of nitrogens with one attached hydrogen (secondary N) is 1. The van der Waals surface area contributed by atoms with Crippen LogP contribution in [0, 0.1) is 5.92 Å². The lowest BCUT2D eigenvalue weighted by Crippen LogP contribution is -2.44. The summed E-state index contributed by atoms with van der Waals surface area (Å²) in [5, 5.41) is 2.95. The molecule has 34 heavy (non-hydrogen) atoms. The molecule has 0 radical (unpaired) electrons. The molecule has 0 saturated carbocycles. The molecule has 1 N–H and O–H groups in total. The minimum atomic E-state index is -0.521. The number of carbonyl (C=O) groups excluding carboxylic acids is 3. The van der Waals surface area contributed by atoms with Crippen molar-refractivity contribution in [2.75, 3.05) is 40.3 Å². The number of benzene rings is 1. The van der Waals surface area contributed by atoms with Crippen LogP contribution in [0.5, 0.6) is 0 Å². The Labute approximate surface area is 204 Å². The van der Waals surface area contributed by atoms with Crippen molar-refractivity contribution in [2.24, 2.45) is 5.92 Å². The van der Waals surface area contributed by atoms with E-state index in [0.29, 0.717) is 25.1 Å². The van der Waals surface area contributed by atoms with Gasteiger partial charge < -0.3 is 20.0 Å². The first-order valence-electron chi connectivity index (χ1n) is 12.6. The van der Waals surface area contributed by atoms with Crippen LogP contribution in [-0.4, -0.2) is 72.7 Å². The third-order valence-corrected chi connectivity index (χ3v) is 6.78. The van der Waals surface area contributed by atoms with Gasteiger partial charge in [-0.1, -0.05) is 43.2 Å². The topological polar surface area (TPSA) is 73.0 Å². The minimum Gasteiger partial charge on any atom is -0.356 e. The van der Waals surface area contributed by atoms with Gasteiger partial charge >= 0.3 is 0 Å². The number of allylic oxidation sites excluding steroid dienone is 1. The Morgan fingerprint density at radius 1 is 1.06 bits per heavy atom. The fourth-order valence-corrected chi connectivity index (χ4v) is 4.78. The molecule has 1 aromatic rings. The zero-order chi connectivity index (χ0) is 24.5. The van der Waals surface area contributed by atoms with Crippen LogP contribution >= 0.6 is 0 Å². The minimum absolute atomic E-state index is 0.0290. The molecule has 1 fully saturated rings. The van der Waals surface area contributed by atoms with Gasteiger partial charge in [-0.3, -0.25) is 14.4 Å². The Hall–Kier alpha value is -2.67. The van der Waals surface area contributed by atoms with Crippen molar-refractivity contribution in [1.29, 1.82) is 0 Å². The van der Waals surface area contributed by atoms with E-state index in [9.17, 15) is 14.4 Å². The highest BCUT2D eigenvalue weighted by Gasteiger charge is 2.37. The summed E-state index contributed by atoms with van der Waals surface area (Å²) in [6.07, 6.45) is 5.63. The predicted molar refractivity (Wildman–Crippen MR) is 134 cm³/mol. The number of nitrogens with zero attached hydrogens (tertiary/aromatic N) is 3. The van der Waals surface area contributed by atoms with Crippen molar-refractivity contribution >= 4 is 17.7 Å². The maximum Gasteiger partial charge on any atom is 0.251 e. The Balaban J connectivity index is 1.77. The highest BCUT2D eigenvalue weighted by Crippen LogP contribution is 2.32. The third-order valence-electron chi connectivity index (χ3n) is 6.78. The molecule has 0 aromatic heterocycles.